The molecule has 0 spiro atoms. The second-order valence-electron chi connectivity index (χ2n) is 8.23. The van der Waals surface area contributed by atoms with Crippen molar-refractivity contribution >= 4 is 0 Å². The number of aliphatic hydroxyl groups is 3. The summed E-state index contributed by atoms with van der Waals surface area (Å²) in [4.78, 5) is 4.62. The van der Waals surface area contributed by atoms with Crippen molar-refractivity contribution in [2.45, 2.75) is 80.1 Å². The highest BCUT2D eigenvalue weighted by atomic mass is 16.3. The summed E-state index contributed by atoms with van der Waals surface area (Å²) in [6.07, 6.45) is 6.99. The van der Waals surface area contributed by atoms with Crippen molar-refractivity contribution < 1.29 is 15.3 Å². The normalized spacial score (nSPS) is 20.3. The van der Waals surface area contributed by atoms with E-state index in [-0.39, 0.29) is 0 Å². The van der Waals surface area contributed by atoms with Crippen LogP contribution in [0.5, 0.6) is 0 Å². The summed E-state index contributed by atoms with van der Waals surface area (Å²) in [5.74, 6) is 1.75. The Hall–Kier alpha value is -0.240. The molecule has 4 N–H and O–H groups in total. The van der Waals surface area contributed by atoms with Gasteiger partial charge in [-0.2, -0.15) is 0 Å². The van der Waals surface area contributed by atoms with Crippen LogP contribution < -0.4 is 5.32 Å². The monoisotopic (exact) mass is 463 g/mol. The first-order valence-corrected chi connectivity index (χ1v) is 13.5. The van der Waals surface area contributed by atoms with Crippen molar-refractivity contribution in [1.29, 1.82) is 0 Å². The van der Waals surface area contributed by atoms with Gasteiger partial charge >= 0.3 is 0 Å². The molecular weight excluding hydrogens is 402 g/mol. The second kappa shape index (κ2) is 28.8. The summed E-state index contributed by atoms with van der Waals surface area (Å²) in [7, 11) is 4.27. The van der Waals surface area contributed by atoms with E-state index in [9.17, 15) is 0 Å². The highest BCUT2D eigenvalue weighted by Gasteiger charge is 2.15. The van der Waals surface area contributed by atoms with Crippen LogP contribution in [0.25, 0.3) is 0 Å². The van der Waals surface area contributed by atoms with E-state index in [4.69, 9.17) is 15.3 Å². The standard InChI is InChI=1S/2C7H15NO.C6H13NO.3C2H6/c2*1-8-4-2-7(6-9)3-5-8;8-5-6-1-3-7-4-2-6;3*1-2/h2*7,9H,2-6H2,1H3;6-8H,1-5H2;3*1-2H3. The molecule has 0 aromatic carbocycles. The quantitative estimate of drug-likeness (QED) is 0.511. The number of aliphatic hydroxyl groups excluding tert-OH is 3. The van der Waals surface area contributed by atoms with Gasteiger partial charge in [-0.25, -0.2) is 0 Å². The average molecular weight is 464 g/mol. The molecule has 6 heteroatoms. The molecule has 0 bridgehead atoms. The summed E-state index contributed by atoms with van der Waals surface area (Å²) in [6, 6.07) is 0. The molecule has 32 heavy (non-hydrogen) atoms. The Balaban J connectivity index is -0.000000353. The van der Waals surface area contributed by atoms with Gasteiger partial charge in [0.25, 0.3) is 0 Å². The summed E-state index contributed by atoms with van der Waals surface area (Å²) >= 11 is 0. The first-order chi connectivity index (χ1) is 15.6. The largest absolute Gasteiger partial charge is 0.396 e. The van der Waals surface area contributed by atoms with E-state index in [1.807, 2.05) is 41.5 Å². The molecule has 3 fully saturated rings. The van der Waals surface area contributed by atoms with Gasteiger partial charge in [0.1, 0.15) is 0 Å². The molecule has 0 aromatic heterocycles. The lowest BCUT2D eigenvalue weighted by atomic mass is 9.98. The van der Waals surface area contributed by atoms with Crippen LogP contribution in [0.3, 0.4) is 0 Å². The summed E-state index contributed by atoms with van der Waals surface area (Å²) in [5.41, 5.74) is 0. The molecule has 0 aliphatic carbocycles. The molecule has 0 unspecified atom stereocenters. The Bertz CT molecular complexity index is 291. The Morgan fingerprint density at radius 3 is 1.00 bits per heavy atom. The van der Waals surface area contributed by atoms with Gasteiger partial charge in [-0.3, -0.25) is 0 Å². The fraction of sp³-hybridized carbons (Fsp3) is 1.00. The molecule has 0 aromatic rings. The summed E-state index contributed by atoms with van der Waals surface area (Å²) < 4.78 is 0. The molecular formula is C26H61N3O3. The Labute approximate surface area is 201 Å². The number of piperidine rings is 3. The maximum absolute atomic E-state index is 8.76. The van der Waals surface area contributed by atoms with Gasteiger partial charge < -0.3 is 30.4 Å². The molecule has 198 valence electrons. The van der Waals surface area contributed by atoms with E-state index in [1.54, 1.807) is 0 Å². The van der Waals surface area contributed by atoms with Crippen LogP contribution in [0.1, 0.15) is 80.1 Å². The van der Waals surface area contributed by atoms with Crippen LogP contribution in [-0.4, -0.2) is 98.3 Å². The average Bonchev–Trinajstić information content (AvgIpc) is 2.90. The fourth-order valence-electron chi connectivity index (χ4n) is 3.55. The van der Waals surface area contributed by atoms with Crippen LogP contribution in [0.2, 0.25) is 0 Å². The fourth-order valence-corrected chi connectivity index (χ4v) is 3.55. The van der Waals surface area contributed by atoms with Gasteiger partial charge in [0.05, 0.1) is 0 Å². The van der Waals surface area contributed by atoms with Gasteiger partial charge in [-0.15, -0.1) is 0 Å². The van der Waals surface area contributed by atoms with E-state index in [1.165, 1.54) is 25.7 Å². The van der Waals surface area contributed by atoms with Crippen LogP contribution >= 0.6 is 0 Å². The molecule has 3 saturated heterocycles. The molecule has 0 amide bonds. The summed E-state index contributed by atoms with van der Waals surface area (Å²) in [6.45, 7) is 20.0. The van der Waals surface area contributed by atoms with E-state index >= 15 is 0 Å². The molecule has 0 atom stereocenters. The van der Waals surface area contributed by atoms with Crippen LogP contribution in [0.15, 0.2) is 0 Å². The molecule has 0 radical (unpaired) electrons. The van der Waals surface area contributed by atoms with Crippen LogP contribution in [0, 0.1) is 17.8 Å². The van der Waals surface area contributed by atoms with Crippen molar-refractivity contribution in [1.82, 2.24) is 15.1 Å². The van der Waals surface area contributed by atoms with E-state index in [0.717, 1.165) is 52.1 Å². The molecule has 3 aliphatic rings. The molecule has 3 heterocycles. The predicted molar refractivity (Wildman–Crippen MR) is 141 cm³/mol. The zero-order valence-corrected chi connectivity index (χ0v) is 23.1. The van der Waals surface area contributed by atoms with Gasteiger partial charge in [-0.1, -0.05) is 41.5 Å². The maximum Gasteiger partial charge on any atom is 0.0460 e. The van der Waals surface area contributed by atoms with Gasteiger partial charge in [0.2, 0.25) is 0 Å². The van der Waals surface area contributed by atoms with Crippen LogP contribution in [-0.2, 0) is 0 Å². The van der Waals surface area contributed by atoms with Crippen LogP contribution in [0.4, 0.5) is 0 Å². The minimum absolute atomic E-state index is 0.377. The minimum Gasteiger partial charge on any atom is -0.396 e. The first-order valence-electron chi connectivity index (χ1n) is 13.5. The Kier molecular flexibility index (Phi) is 32.7. The minimum atomic E-state index is 0.377. The van der Waals surface area contributed by atoms with Gasteiger partial charge in [-0.05, 0) is 110 Å². The molecule has 0 saturated carbocycles. The molecule has 6 nitrogen and oxygen atoms in total. The lowest BCUT2D eigenvalue weighted by Gasteiger charge is -2.27. The number of rotatable bonds is 3. The number of nitrogens with zero attached hydrogens (tertiary/aromatic N) is 2. The third kappa shape index (κ3) is 21.6. The third-order valence-corrected chi connectivity index (χ3v) is 5.91. The van der Waals surface area contributed by atoms with Crippen molar-refractivity contribution in [2.24, 2.45) is 17.8 Å². The maximum atomic E-state index is 8.76. The lowest BCUT2D eigenvalue weighted by Crippen LogP contribution is -2.31. The van der Waals surface area contributed by atoms with Crippen molar-refractivity contribution in [2.75, 3.05) is 73.2 Å². The highest BCUT2D eigenvalue weighted by Crippen LogP contribution is 2.14. The van der Waals surface area contributed by atoms with Gasteiger partial charge in [0, 0.05) is 19.8 Å². The Morgan fingerprint density at radius 2 is 0.781 bits per heavy atom. The number of hydrogen-bond acceptors (Lipinski definition) is 6. The molecule has 3 aliphatic heterocycles. The van der Waals surface area contributed by atoms with Crippen molar-refractivity contribution in [3.05, 3.63) is 0 Å². The van der Waals surface area contributed by atoms with E-state index in [2.05, 4.69) is 29.2 Å². The highest BCUT2D eigenvalue weighted by molar-refractivity contribution is 4.69. The number of likely N-dealkylation sites (tertiary alicyclic amines) is 2. The Morgan fingerprint density at radius 1 is 0.531 bits per heavy atom. The zero-order valence-electron chi connectivity index (χ0n) is 23.1. The van der Waals surface area contributed by atoms with Gasteiger partial charge in [0.15, 0.2) is 0 Å². The first kappa shape index (κ1) is 36.3. The smallest absolute Gasteiger partial charge is 0.0460 e. The third-order valence-electron chi connectivity index (χ3n) is 5.91. The topological polar surface area (TPSA) is 79.2 Å². The van der Waals surface area contributed by atoms with Crippen molar-refractivity contribution in [3.63, 3.8) is 0 Å². The zero-order chi connectivity index (χ0) is 25.2. The summed E-state index contributed by atoms with van der Waals surface area (Å²) in [5, 5.41) is 29.4. The van der Waals surface area contributed by atoms with E-state index < -0.39 is 0 Å². The second-order valence-corrected chi connectivity index (χ2v) is 8.23. The number of nitrogens with one attached hydrogen (secondary N) is 1. The molecule has 3 rings (SSSR count). The lowest BCUT2D eigenvalue weighted by molar-refractivity contribution is 0.148. The number of hydrogen-bond donors (Lipinski definition) is 4. The van der Waals surface area contributed by atoms with E-state index in [0.29, 0.717) is 37.6 Å². The van der Waals surface area contributed by atoms with Crippen molar-refractivity contribution in [3.8, 4) is 0 Å². The predicted octanol–water partition coefficient (Wildman–Crippen LogP) is 3.70. The SMILES string of the molecule is CC.CC.CC.CN1CCC(CO)CC1.CN1CCC(CO)CC1.OCC1CCNCC1.